The Morgan fingerprint density at radius 2 is 1.92 bits per heavy atom. The average Bonchev–Trinajstić information content (AvgIpc) is 2.07. The van der Waals surface area contributed by atoms with Crippen LogP contribution in [0.2, 0.25) is 0 Å². The summed E-state index contributed by atoms with van der Waals surface area (Å²) < 4.78 is 0. The summed E-state index contributed by atoms with van der Waals surface area (Å²) in [7, 11) is 0. The summed E-state index contributed by atoms with van der Waals surface area (Å²) in [5.74, 6) is 5.10. The Hall–Kier alpha value is -0.160. The Kier molecular flexibility index (Phi) is 3.94. The Labute approximate surface area is 73.2 Å². The van der Waals surface area contributed by atoms with Crippen molar-refractivity contribution in [1.82, 2.24) is 4.90 Å². The van der Waals surface area contributed by atoms with E-state index < -0.39 is 6.10 Å². The molecule has 1 aliphatic rings. The average molecular weight is 174 g/mol. The second-order valence-corrected chi connectivity index (χ2v) is 3.36. The van der Waals surface area contributed by atoms with Crippen LogP contribution in [0.25, 0.3) is 0 Å². The minimum Gasteiger partial charge on any atom is -0.389 e. The Morgan fingerprint density at radius 3 is 2.33 bits per heavy atom. The highest BCUT2D eigenvalue weighted by molar-refractivity contribution is 4.71. The van der Waals surface area contributed by atoms with E-state index in [1.807, 2.05) is 0 Å². The fraction of sp³-hybridized carbons (Fsp3) is 1.00. The van der Waals surface area contributed by atoms with E-state index in [1.165, 1.54) is 19.3 Å². The van der Waals surface area contributed by atoms with Gasteiger partial charge in [0.25, 0.3) is 0 Å². The van der Waals surface area contributed by atoms with Crippen LogP contribution >= 0.6 is 0 Å². The van der Waals surface area contributed by atoms with E-state index in [-0.39, 0.29) is 6.23 Å². The molecule has 0 aromatic carbocycles. The van der Waals surface area contributed by atoms with E-state index in [1.54, 1.807) is 6.92 Å². The van der Waals surface area contributed by atoms with Crippen LogP contribution in [0.15, 0.2) is 0 Å². The predicted octanol–water partition coefficient (Wildman–Crippen LogP) is 0.0695. The van der Waals surface area contributed by atoms with E-state index in [0.29, 0.717) is 0 Å². The molecule has 4 nitrogen and oxygen atoms in total. The van der Waals surface area contributed by atoms with Crippen molar-refractivity contribution >= 4 is 0 Å². The van der Waals surface area contributed by atoms with Gasteiger partial charge in [0.1, 0.15) is 0 Å². The summed E-state index contributed by atoms with van der Waals surface area (Å²) >= 11 is 0. The standard InChI is InChI=1S/C8H18N2O2/c1-7(11)8(12-9)10-5-3-2-4-6-10/h7-8,11H,2-6,9H2,1H3. The normalized spacial score (nSPS) is 25.2. The monoisotopic (exact) mass is 174 g/mol. The van der Waals surface area contributed by atoms with Crippen molar-refractivity contribution in [2.75, 3.05) is 13.1 Å². The summed E-state index contributed by atoms with van der Waals surface area (Å²) in [4.78, 5) is 6.82. The van der Waals surface area contributed by atoms with Crippen molar-refractivity contribution < 1.29 is 9.94 Å². The first-order chi connectivity index (χ1) is 5.75. The van der Waals surface area contributed by atoms with Crippen LogP contribution in [0.1, 0.15) is 26.2 Å². The lowest BCUT2D eigenvalue weighted by molar-refractivity contribution is -0.126. The highest BCUT2D eigenvalue weighted by atomic mass is 16.6. The van der Waals surface area contributed by atoms with Gasteiger partial charge in [-0.3, -0.25) is 9.74 Å². The number of likely N-dealkylation sites (tertiary alicyclic amines) is 1. The predicted molar refractivity (Wildman–Crippen MR) is 46.2 cm³/mol. The van der Waals surface area contributed by atoms with Crippen LogP contribution in [0.5, 0.6) is 0 Å². The number of hydrogen-bond acceptors (Lipinski definition) is 4. The van der Waals surface area contributed by atoms with Gasteiger partial charge in [0.15, 0.2) is 6.23 Å². The maximum absolute atomic E-state index is 9.32. The van der Waals surface area contributed by atoms with Gasteiger partial charge in [0.2, 0.25) is 0 Å². The fourth-order valence-electron chi connectivity index (χ4n) is 1.68. The van der Waals surface area contributed by atoms with Gasteiger partial charge in [-0.2, -0.15) is 0 Å². The second-order valence-electron chi connectivity index (χ2n) is 3.36. The number of hydrogen-bond donors (Lipinski definition) is 2. The number of nitrogens with two attached hydrogens (primary N) is 1. The number of aliphatic hydroxyl groups excluding tert-OH is 1. The van der Waals surface area contributed by atoms with E-state index >= 15 is 0 Å². The molecule has 4 heteroatoms. The zero-order valence-corrected chi connectivity index (χ0v) is 7.57. The largest absolute Gasteiger partial charge is 0.389 e. The topological polar surface area (TPSA) is 58.7 Å². The Balaban J connectivity index is 2.40. The van der Waals surface area contributed by atoms with Crippen molar-refractivity contribution in [3.63, 3.8) is 0 Å². The molecule has 1 heterocycles. The lowest BCUT2D eigenvalue weighted by Crippen LogP contribution is -2.48. The van der Waals surface area contributed by atoms with Gasteiger partial charge >= 0.3 is 0 Å². The molecule has 1 aliphatic heterocycles. The molecule has 0 amide bonds. The van der Waals surface area contributed by atoms with Crippen molar-refractivity contribution in [3.05, 3.63) is 0 Å². The summed E-state index contributed by atoms with van der Waals surface area (Å²) in [6.45, 7) is 3.66. The molecule has 0 saturated carbocycles. The molecule has 0 aromatic heterocycles. The SMILES string of the molecule is CC(O)C(ON)N1CCCCC1. The minimum absolute atomic E-state index is 0.328. The van der Waals surface area contributed by atoms with Crippen molar-refractivity contribution in [3.8, 4) is 0 Å². The van der Waals surface area contributed by atoms with Gasteiger partial charge in [-0.15, -0.1) is 0 Å². The Bertz CT molecular complexity index is 124. The molecular weight excluding hydrogens is 156 g/mol. The second kappa shape index (κ2) is 4.77. The van der Waals surface area contributed by atoms with E-state index in [4.69, 9.17) is 10.7 Å². The summed E-state index contributed by atoms with van der Waals surface area (Å²) in [5, 5.41) is 9.32. The van der Waals surface area contributed by atoms with E-state index in [2.05, 4.69) is 4.90 Å². The number of rotatable bonds is 3. The molecule has 72 valence electrons. The van der Waals surface area contributed by atoms with Crippen molar-refractivity contribution in [1.29, 1.82) is 0 Å². The molecule has 3 N–H and O–H groups in total. The summed E-state index contributed by atoms with van der Waals surface area (Å²) in [6.07, 6.45) is 2.77. The quantitative estimate of drug-likeness (QED) is 0.594. The molecule has 0 aliphatic carbocycles. The van der Waals surface area contributed by atoms with Crippen LogP contribution in [0.4, 0.5) is 0 Å². The third kappa shape index (κ3) is 2.42. The van der Waals surface area contributed by atoms with Crippen LogP contribution in [-0.2, 0) is 4.84 Å². The molecular formula is C8H18N2O2. The molecule has 0 bridgehead atoms. The van der Waals surface area contributed by atoms with Crippen LogP contribution < -0.4 is 5.90 Å². The molecule has 2 atom stereocenters. The van der Waals surface area contributed by atoms with Gasteiger partial charge in [-0.05, 0) is 19.8 Å². The van der Waals surface area contributed by atoms with Gasteiger partial charge < -0.3 is 5.11 Å². The van der Waals surface area contributed by atoms with E-state index in [9.17, 15) is 5.11 Å². The van der Waals surface area contributed by atoms with Crippen LogP contribution in [-0.4, -0.2) is 35.4 Å². The molecule has 0 spiro atoms. The first-order valence-electron chi connectivity index (χ1n) is 4.53. The molecule has 12 heavy (non-hydrogen) atoms. The zero-order chi connectivity index (χ0) is 8.97. The highest BCUT2D eigenvalue weighted by Crippen LogP contribution is 2.13. The summed E-state index contributed by atoms with van der Waals surface area (Å²) in [5.41, 5.74) is 0. The van der Waals surface area contributed by atoms with E-state index in [0.717, 1.165) is 13.1 Å². The number of aliphatic hydroxyl groups is 1. The van der Waals surface area contributed by atoms with Gasteiger partial charge in [-0.25, -0.2) is 5.90 Å². The maximum atomic E-state index is 9.32. The number of piperidine rings is 1. The third-order valence-corrected chi connectivity index (χ3v) is 2.30. The van der Waals surface area contributed by atoms with Crippen molar-refractivity contribution in [2.45, 2.75) is 38.5 Å². The fourth-order valence-corrected chi connectivity index (χ4v) is 1.68. The lowest BCUT2D eigenvalue weighted by atomic mass is 10.1. The molecule has 0 radical (unpaired) electrons. The molecule has 1 saturated heterocycles. The molecule has 1 rings (SSSR count). The molecule has 2 unspecified atom stereocenters. The third-order valence-electron chi connectivity index (χ3n) is 2.30. The maximum Gasteiger partial charge on any atom is 0.157 e. The molecule has 0 aromatic rings. The van der Waals surface area contributed by atoms with Gasteiger partial charge in [0, 0.05) is 13.1 Å². The number of nitrogens with zero attached hydrogens (tertiary/aromatic N) is 1. The first kappa shape index (κ1) is 9.92. The highest BCUT2D eigenvalue weighted by Gasteiger charge is 2.24. The molecule has 1 fully saturated rings. The van der Waals surface area contributed by atoms with Crippen LogP contribution in [0, 0.1) is 0 Å². The first-order valence-corrected chi connectivity index (χ1v) is 4.53. The zero-order valence-electron chi connectivity index (χ0n) is 7.57. The van der Waals surface area contributed by atoms with Gasteiger partial charge in [-0.1, -0.05) is 6.42 Å². The summed E-state index contributed by atoms with van der Waals surface area (Å²) in [6, 6.07) is 0. The smallest absolute Gasteiger partial charge is 0.157 e. The van der Waals surface area contributed by atoms with Gasteiger partial charge in [0.05, 0.1) is 6.10 Å². The lowest BCUT2D eigenvalue weighted by Gasteiger charge is -2.34. The Morgan fingerprint density at radius 1 is 1.33 bits per heavy atom. The minimum atomic E-state index is -0.520. The van der Waals surface area contributed by atoms with Crippen LogP contribution in [0.3, 0.4) is 0 Å². The van der Waals surface area contributed by atoms with Crippen molar-refractivity contribution in [2.24, 2.45) is 5.90 Å².